The number of nitrogens with zero attached hydrogens (tertiary/aromatic N) is 5. The van der Waals surface area contributed by atoms with Crippen molar-refractivity contribution >= 4 is 11.9 Å². The Balaban J connectivity index is 1.91. The van der Waals surface area contributed by atoms with E-state index in [9.17, 15) is 10.1 Å². The van der Waals surface area contributed by atoms with E-state index in [1.54, 1.807) is 42.6 Å². The van der Waals surface area contributed by atoms with Gasteiger partial charge in [-0.3, -0.25) is 10.1 Å². The van der Waals surface area contributed by atoms with Gasteiger partial charge in [0.1, 0.15) is 18.4 Å². The number of nitro groups is 1. The number of benzene rings is 2. The van der Waals surface area contributed by atoms with Crippen LogP contribution in [0.5, 0.6) is 11.5 Å². The summed E-state index contributed by atoms with van der Waals surface area (Å²) >= 11 is 0. The van der Waals surface area contributed by atoms with Gasteiger partial charge in [0.15, 0.2) is 0 Å². The van der Waals surface area contributed by atoms with Crippen molar-refractivity contribution in [3.05, 3.63) is 76.9 Å². The molecule has 0 aliphatic rings. The van der Waals surface area contributed by atoms with E-state index in [1.807, 2.05) is 6.07 Å². The number of hydrogen-bond donors (Lipinski definition) is 0. The zero-order valence-corrected chi connectivity index (χ0v) is 11.8. The van der Waals surface area contributed by atoms with Crippen molar-refractivity contribution in [2.24, 2.45) is 5.10 Å². The van der Waals surface area contributed by atoms with E-state index in [0.717, 1.165) is 0 Å². The third-order valence-corrected chi connectivity index (χ3v) is 2.94. The summed E-state index contributed by atoms with van der Waals surface area (Å²) < 4.78 is 7.13. The number of nitro benzene ring substituents is 1. The molecule has 0 aliphatic carbocycles. The van der Waals surface area contributed by atoms with E-state index >= 15 is 0 Å². The van der Waals surface area contributed by atoms with Gasteiger partial charge in [0, 0.05) is 11.6 Å². The van der Waals surface area contributed by atoms with Crippen molar-refractivity contribution < 1.29 is 9.66 Å². The second kappa shape index (κ2) is 6.48. The van der Waals surface area contributed by atoms with Crippen LogP contribution in [0.15, 0.2) is 66.3 Å². The van der Waals surface area contributed by atoms with Crippen LogP contribution in [-0.4, -0.2) is 26.0 Å². The highest BCUT2D eigenvalue weighted by Gasteiger charge is 2.15. The Bertz CT molecular complexity index is 846. The Hall–Kier alpha value is -3.55. The molecule has 0 saturated carbocycles. The predicted molar refractivity (Wildman–Crippen MR) is 82.6 cm³/mol. The Morgan fingerprint density at radius 1 is 1.04 bits per heavy atom. The van der Waals surface area contributed by atoms with Crippen LogP contribution in [0.2, 0.25) is 0 Å². The third-order valence-electron chi connectivity index (χ3n) is 2.94. The fourth-order valence-electron chi connectivity index (χ4n) is 1.88. The number of para-hydroxylation sites is 3. The van der Waals surface area contributed by atoms with Crippen LogP contribution in [0.4, 0.5) is 5.69 Å². The molecular weight excluding hydrogens is 298 g/mol. The monoisotopic (exact) mass is 309 g/mol. The maximum Gasteiger partial charge on any atom is 0.311 e. The van der Waals surface area contributed by atoms with E-state index in [2.05, 4.69) is 15.3 Å². The van der Waals surface area contributed by atoms with Gasteiger partial charge in [-0.25, -0.2) is 4.68 Å². The van der Waals surface area contributed by atoms with Gasteiger partial charge in [-0.15, -0.1) is 10.2 Å². The lowest BCUT2D eigenvalue weighted by atomic mass is 10.2. The highest BCUT2D eigenvalue weighted by molar-refractivity contribution is 5.83. The zero-order valence-electron chi connectivity index (χ0n) is 11.8. The first-order chi connectivity index (χ1) is 11.2. The molecule has 0 spiro atoms. The highest BCUT2D eigenvalue weighted by Crippen LogP contribution is 2.31. The molecule has 8 heteroatoms. The van der Waals surface area contributed by atoms with Crippen molar-refractivity contribution in [1.29, 1.82) is 0 Å². The molecule has 3 aromatic rings. The van der Waals surface area contributed by atoms with Gasteiger partial charge < -0.3 is 4.74 Å². The van der Waals surface area contributed by atoms with Crippen molar-refractivity contribution in [3.63, 3.8) is 0 Å². The third kappa shape index (κ3) is 3.38. The van der Waals surface area contributed by atoms with Crippen LogP contribution in [-0.2, 0) is 0 Å². The first-order valence-electron chi connectivity index (χ1n) is 6.63. The van der Waals surface area contributed by atoms with Crippen LogP contribution < -0.4 is 4.74 Å². The molecule has 0 bridgehead atoms. The summed E-state index contributed by atoms with van der Waals surface area (Å²) in [5, 5.41) is 22.5. The smallest absolute Gasteiger partial charge is 0.311 e. The van der Waals surface area contributed by atoms with Crippen LogP contribution in [0, 0.1) is 10.1 Å². The average Bonchev–Trinajstić information content (AvgIpc) is 3.08. The molecule has 0 radical (unpaired) electrons. The standard InChI is InChI=1S/C15H11N5O3/c21-20(22)13-6-2-4-8-15(13)23-14-7-3-1-5-12(14)9-18-19-10-16-17-11-19/h1-11H/b18-9+. The number of aromatic nitrogens is 3. The van der Waals surface area contributed by atoms with Gasteiger partial charge in [0.05, 0.1) is 11.1 Å². The fraction of sp³-hybridized carbons (Fsp3) is 0. The Labute approximate surface area is 130 Å². The van der Waals surface area contributed by atoms with Crippen molar-refractivity contribution in [2.75, 3.05) is 0 Å². The largest absolute Gasteiger partial charge is 0.449 e. The lowest BCUT2D eigenvalue weighted by Crippen LogP contribution is -1.96. The second-order valence-electron chi connectivity index (χ2n) is 4.45. The summed E-state index contributed by atoms with van der Waals surface area (Å²) in [6.45, 7) is 0. The fourth-order valence-corrected chi connectivity index (χ4v) is 1.88. The van der Waals surface area contributed by atoms with Gasteiger partial charge in [0.25, 0.3) is 0 Å². The molecule has 2 aromatic carbocycles. The predicted octanol–water partition coefficient (Wildman–Crippen LogP) is 2.86. The van der Waals surface area contributed by atoms with Crippen molar-refractivity contribution in [1.82, 2.24) is 14.9 Å². The minimum atomic E-state index is -0.483. The molecule has 0 unspecified atom stereocenters. The zero-order chi connectivity index (χ0) is 16.1. The second-order valence-corrected chi connectivity index (χ2v) is 4.45. The summed E-state index contributed by atoms with van der Waals surface area (Å²) in [5.74, 6) is 0.626. The number of ether oxygens (including phenoxy) is 1. The van der Waals surface area contributed by atoms with Gasteiger partial charge in [-0.05, 0) is 18.2 Å². The van der Waals surface area contributed by atoms with Crippen molar-refractivity contribution in [2.45, 2.75) is 0 Å². The lowest BCUT2D eigenvalue weighted by molar-refractivity contribution is -0.385. The number of rotatable bonds is 5. The normalized spacial score (nSPS) is 10.8. The molecule has 0 aliphatic heterocycles. The first-order valence-corrected chi connectivity index (χ1v) is 6.63. The van der Waals surface area contributed by atoms with Crippen LogP contribution >= 0.6 is 0 Å². The molecule has 0 saturated heterocycles. The van der Waals surface area contributed by atoms with E-state index in [1.165, 1.54) is 23.4 Å². The summed E-state index contributed by atoms with van der Waals surface area (Å²) in [7, 11) is 0. The highest BCUT2D eigenvalue weighted by atomic mass is 16.6. The maximum absolute atomic E-state index is 11.1. The van der Waals surface area contributed by atoms with E-state index in [0.29, 0.717) is 11.3 Å². The molecule has 23 heavy (non-hydrogen) atoms. The average molecular weight is 309 g/mol. The molecule has 114 valence electrons. The quantitative estimate of drug-likeness (QED) is 0.410. The Morgan fingerprint density at radius 2 is 1.70 bits per heavy atom. The first kappa shape index (κ1) is 14.4. The molecule has 0 fully saturated rings. The van der Waals surface area contributed by atoms with E-state index in [4.69, 9.17) is 4.74 Å². The van der Waals surface area contributed by atoms with Crippen LogP contribution in [0.25, 0.3) is 0 Å². The van der Waals surface area contributed by atoms with Gasteiger partial charge in [-0.1, -0.05) is 24.3 Å². The molecule has 1 aromatic heterocycles. The topological polar surface area (TPSA) is 95.4 Å². The van der Waals surface area contributed by atoms with Crippen LogP contribution in [0.1, 0.15) is 5.56 Å². The maximum atomic E-state index is 11.1. The summed E-state index contributed by atoms with van der Waals surface area (Å²) in [5.41, 5.74) is 0.567. The van der Waals surface area contributed by atoms with Gasteiger partial charge >= 0.3 is 5.69 Å². The number of hydrogen-bond acceptors (Lipinski definition) is 6. The summed E-state index contributed by atoms with van der Waals surface area (Å²) in [4.78, 5) is 10.6. The van der Waals surface area contributed by atoms with Gasteiger partial charge in [0.2, 0.25) is 5.75 Å². The SMILES string of the molecule is O=[N+]([O-])c1ccccc1Oc1ccccc1/C=N/n1cnnc1. The summed E-state index contributed by atoms with van der Waals surface area (Å²) in [6.07, 6.45) is 4.46. The molecule has 0 atom stereocenters. The minimum Gasteiger partial charge on any atom is -0.449 e. The minimum absolute atomic E-state index is 0.0990. The molecular formula is C15H11N5O3. The Kier molecular flexibility index (Phi) is 4.05. The lowest BCUT2D eigenvalue weighted by Gasteiger charge is -2.08. The molecule has 0 N–H and O–H groups in total. The van der Waals surface area contributed by atoms with E-state index < -0.39 is 4.92 Å². The van der Waals surface area contributed by atoms with E-state index in [-0.39, 0.29) is 11.4 Å². The Morgan fingerprint density at radius 3 is 2.43 bits per heavy atom. The molecule has 0 amide bonds. The van der Waals surface area contributed by atoms with Crippen molar-refractivity contribution in [3.8, 4) is 11.5 Å². The van der Waals surface area contributed by atoms with Gasteiger partial charge in [-0.2, -0.15) is 5.10 Å². The molecule has 8 nitrogen and oxygen atoms in total. The molecule has 1 heterocycles. The van der Waals surface area contributed by atoms with Crippen LogP contribution in [0.3, 0.4) is 0 Å². The molecule has 3 rings (SSSR count). The summed E-state index contributed by atoms with van der Waals surface area (Å²) in [6, 6.07) is 13.3.